The molecule has 0 fully saturated rings. The zero-order valence-corrected chi connectivity index (χ0v) is 15.1. The minimum atomic E-state index is -3.70. The Bertz CT molecular complexity index is 874. The number of nitrogens with one attached hydrogen (secondary N) is 3. The summed E-state index contributed by atoms with van der Waals surface area (Å²) in [6, 6.07) is 9.71. The molecule has 0 atom stereocenters. The van der Waals surface area contributed by atoms with Gasteiger partial charge in [0.1, 0.15) is 4.21 Å². The normalized spacial score (nSPS) is 14.5. The average molecular weight is 377 g/mol. The molecule has 0 unspecified atom stereocenters. The van der Waals surface area contributed by atoms with Gasteiger partial charge in [0, 0.05) is 5.70 Å². The molecule has 1 aliphatic carbocycles. The third-order valence-electron chi connectivity index (χ3n) is 3.80. The first-order valence-corrected chi connectivity index (χ1v) is 10.3. The summed E-state index contributed by atoms with van der Waals surface area (Å²) < 4.78 is 27.5. The van der Waals surface area contributed by atoms with E-state index in [1.165, 1.54) is 6.07 Å². The van der Waals surface area contributed by atoms with E-state index in [-0.39, 0.29) is 15.5 Å². The topological polar surface area (TPSA) is 87.3 Å². The Balaban J connectivity index is 1.74. The molecule has 2 aromatic rings. The SMILES string of the molecule is O=C(NNC1=CCCCC1)c1ccccc1NS(=O)(=O)c1cccs1. The molecule has 0 saturated carbocycles. The zero-order valence-electron chi connectivity index (χ0n) is 13.5. The maximum Gasteiger partial charge on any atom is 0.271 e. The summed E-state index contributed by atoms with van der Waals surface area (Å²) in [6.07, 6.45) is 6.20. The van der Waals surface area contributed by atoms with Crippen molar-refractivity contribution in [3.8, 4) is 0 Å². The third kappa shape index (κ3) is 4.40. The highest BCUT2D eigenvalue weighted by Gasteiger charge is 2.19. The smallest absolute Gasteiger partial charge is 0.271 e. The molecule has 1 aliphatic rings. The number of hydrogen-bond donors (Lipinski definition) is 3. The molecule has 1 amide bonds. The van der Waals surface area contributed by atoms with Crippen LogP contribution in [0.4, 0.5) is 5.69 Å². The summed E-state index contributed by atoms with van der Waals surface area (Å²) in [5.41, 5.74) is 7.05. The van der Waals surface area contributed by atoms with Crippen molar-refractivity contribution in [2.75, 3.05) is 4.72 Å². The Morgan fingerprint density at radius 1 is 1.08 bits per heavy atom. The second-order valence-electron chi connectivity index (χ2n) is 5.64. The van der Waals surface area contributed by atoms with Gasteiger partial charge in [-0.15, -0.1) is 11.3 Å². The second kappa shape index (κ2) is 7.71. The van der Waals surface area contributed by atoms with E-state index < -0.39 is 15.9 Å². The van der Waals surface area contributed by atoms with Crippen molar-refractivity contribution in [3.63, 3.8) is 0 Å². The summed E-state index contributed by atoms with van der Waals surface area (Å²) in [6.45, 7) is 0. The van der Waals surface area contributed by atoms with Gasteiger partial charge in [-0.25, -0.2) is 8.42 Å². The summed E-state index contributed by atoms with van der Waals surface area (Å²) >= 11 is 1.12. The Morgan fingerprint density at radius 3 is 2.64 bits per heavy atom. The lowest BCUT2D eigenvalue weighted by Gasteiger charge is -2.17. The van der Waals surface area contributed by atoms with Crippen LogP contribution in [0.5, 0.6) is 0 Å². The van der Waals surface area contributed by atoms with Gasteiger partial charge in [0.05, 0.1) is 11.3 Å². The lowest BCUT2D eigenvalue weighted by molar-refractivity contribution is 0.0939. The fourth-order valence-corrected chi connectivity index (χ4v) is 4.61. The molecule has 3 N–H and O–H groups in total. The van der Waals surface area contributed by atoms with E-state index in [1.54, 1.807) is 35.7 Å². The molecule has 1 aromatic heterocycles. The molecule has 1 heterocycles. The largest absolute Gasteiger partial charge is 0.303 e. The predicted octanol–water partition coefficient (Wildman–Crippen LogP) is 3.24. The molecule has 6 nitrogen and oxygen atoms in total. The molecule has 0 bridgehead atoms. The average Bonchev–Trinajstić information content (AvgIpc) is 3.16. The molecule has 0 saturated heterocycles. The Kier molecular flexibility index (Phi) is 5.40. The van der Waals surface area contributed by atoms with Crippen molar-refractivity contribution < 1.29 is 13.2 Å². The maximum atomic E-state index is 12.4. The van der Waals surface area contributed by atoms with Crippen LogP contribution in [0.1, 0.15) is 36.0 Å². The minimum absolute atomic E-state index is 0.202. The van der Waals surface area contributed by atoms with Crippen molar-refractivity contribution in [2.45, 2.75) is 29.9 Å². The number of hydrogen-bond acceptors (Lipinski definition) is 5. The number of amides is 1. The van der Waals surface area contributed by atoms with E-state index in [1.807, 2.05) is 0 Å². The number of sulfonamides is 1. The molecular formula is C17H19N3O3S2. The number of benzene rings is 1. The van der Waals surface area contributed by atoms with Crippen LogP contribution in [0.2, 0.25) is 0 Å². The standard InChI is InChI=1S/C17H19N3O3S2/c21-17(19-18-13-7-2-1-3-8-13)14-9-4-5-10-15(14)20-25(22,23)16-11-6-12-24-16/h4-7,9-12,18,20H,1-3,8H2,(H,19,21). The first-order chi connectivity index (χ1) is 12.1. The van der Waals surface area contributed by atoms with Crippen molar-refractivity contribution in [1.29, 1.82) is 0 Å². The number of carbonyl (C=O) groups is 1. The number of anilines is 1. The van der Waals surface area contributed by atoms with Crippen LogP contribution in [0.15, 0.2) is 57.8 Å². The second-order valence-corrected chi connectivity index (χ2v) is 8.49. The van der Waals surface area contributed by atoms with Crippen molar-refractivity contribution in [1.82, 2.24) is 10.9 Å². The monoisotopic (exact) mass is 377 g/mol. The molecule has 132 valence electrons. The molecule has 1 aromatic carbocycles. The highest BCUT2D eigenvalue weighted by molar-refractivity contribution is 7.94. The number of hydrazine groups is 1. The van der Waals surface area contributed by atoms with Gasteiger partial charge in [-0.1, -0.05) is 24.3 Å². The Labute approximate surface area is 151 Å². The van der Waals surface area contributed by atoms with Gasteiger partial charge in [0.2, 0.25) is 0 Å². The lowest BCUT2D eigenvalue weighted by atomic mass is 10.1. The first-order valence-electron chi connectivity index (χ1n) is 7.97. The van der Waals surface area contributed by atoms with E-state index in [4.69, 9.17) is 0 Å². The summed E-state index contributed by atoms with van der Waals surface area (Å²) in [5.74, 6) is -0.393. The van der Waals surface area contributed by atoms with Gasteiger partial charge in [0.15, 0.2) is 0 Å². The van der Waals surface area contributed by atoms with Gasteiger partial charge in [-0.3, -0.25) is 14.9 Å². The van der Waals surface area contributed by atoms with Crippen LogP contribution in [0.3, 0.4) is 0 Å². The summed E-state index contributed by atoms with van der Waals surface area (Å²) in [5, 5.41) is 1.69. The molecule has 0 spiro atoms. The van der Waals surface area contributed by atoms with Gasteiger partial charge < -0.3 is 5.43 Å². The van der Waals surface area contributed by atoms with E-state index in [0.29, 0.717) is 0 Å². The summed E-state index contributed by atoms with van der Waals surface area (Å²) in [4.78, 5) is 12.4. The number of allylic oxidation sites excluding steroid dienone is 2. The minimum Gasteiger partial charge on any atom is -0.303 e. The number of thiophene rings is 1. The number of rotatable bonds is 6. The van der Waals surface area contributed by atoms with E-state index in [2.05, 4.69) is 21.6 Å². The quantitative estimate of drug-likeness (QED) is 0.675. The van der Waals surface area contributed by atoms with Crippen molar-refractivity contribution in [2.24, 2.45) is 0 Å². The van der Waals surface area contributed by atoms with Gasteiger partial charge >= 0.3 is 0 Å². The molecular weight excluding hydrogens is 358 g/mol. The van der Waals surface area contributed by atoms with E-state index in [9.17, 15) is 13.2 Å². The molecule has 3 rings (SSSR count). The van der Waals surface area contributed by atoms with Crippen LogP contribution in [-0.2, 0) is 10.0 Å². The fourth-order valence-electron chi connectivity index (χ4n) is 2.54. The number of carbonyl (C=O) groups excluding carboxylic acids is 1. The molecule has 0 radical (unpaired) electrons. The maximum absolute atomic E-state index is 12.4. The van der Waals surface area contributed by atoms with Crippen LogP contribution in [0.25, 0.3) is 0 Å². The predicted molar refractivity (Wildman–Crippen MR) is 98.7 cm³/mol. The van der Waals surface area contributed by atoms with Gasteiger partial charge in [-0.05, 0) is 49.3 Å². The molecule has 8 heteroatoms. The summed E-state index contributed by atoms with van der Waals surface area (Å²) in [7, 11) is -3.70. The van der Waals surface area contributed by atoms with Crippen molar-refractivity contribution >= 4 is 33.0 Å². The van der Waals surface area contributed by atoms with E-state index in [0.717, 1.165) is 42.7 Å². The van der Waals surface area contributed by atoms with Gasteiger partial charge in [0.25, 0.3) is 15.9 Å². The van der Waals surface area contributed by atoms with Crippen LogP contribution in [0, 0.1) is 0 Å². The number of para-hydroxylation sites is 1. The fraction of sp³-hybridized carbons (Fsp3) is 0.235. The Hall–Kier alpha value is -2.32. The Morgan fingerprint density at radius 2 is 1.92 bits per heavy atom. The van der Waals surface area contributed by atoms with Crippen molar-refractivity contribution in [3.05, 3.63) is 59.1 Å². The first kappa shape index (κ1) is 17.5. The third-order valence-corrected chi connectivity index (χ3v) is 6.57. The lowest BCUT2D eigenvalue weighted by Crippen LogP contribution is -2.37. The highest BCUT2D eigenvalue weighted by Crippen LogP contribution is 2.23. The van der Waals surface area contributed by atoms with Crippen LogP contribution >= 0.6 is 11.3 Å². The highest BCUT2D eigenvalue weighted by atomic mass is 32.2. The van der Waals surface area contributed by atoms with Crippen LogP contribution in [-0.4, -0.2) is 14.3 Å². The molecule has 25 heavy (non-hydrogen) atoms. The zero-order chi connectivity index (χ0) is 17.7. The van der Waals surface area contributed by atoms with Gasteiger partial charge in [-0.2, -0.15) is 0 Å². The van der Waals surface area contributed by atoms with E-state index >= 15 is 0 Å². The molecule has 0 aliphatic heterocycles. The van der Waals surface area contributed by atoms with Crippen LogP contribution < -0.4 is 15.6 Å².